The highest BCUT2D eigenvalue weighted by Gasteiger charge is 2.64. The van der Waals surface area contributed by atoms with Gasteiger partial charge in [0.05, 0.1) is 13.7 Å². The fourth-order valence-corrected chi connectivity index (χ4v) is 9.53. The smallest absolute Gasteiger partial charge is 0.408 e. The van der Waals surface area contributed by atoms with Crippen LogP contribution in [0, 0.1) is 17.8 Å². The number of anilines is 1. The lowest BCUT2D eigenvalue weighted by Gasteiger charge is -2.33. The number of fused-ring (bicyclic) bond motifs is 3. The maximum Gasteiger partial charge on any atom is 0.408 e. The minimum atomic E-state index is -4.40. The largest absolute Gasteiger partial charge is 0.497 e. The van der Waals surface area contributed by atoms with Crippen LogP contribution in [0.2, 0.25) is 0 Å². The van der Waals surface area contributed by atoms with E-state index in [0.29, 0.717) is 36.3 Å². The number of sulfonamides is 1. The molecule has 2 aromatic rings. The van der Waals surface area contributed by atoms with Crippen LogP contribution in [-0.4, -0.2) is 110 Å². The van der Waals surface area contributed by atoms with Gasteiger partial charge in [0.25, 0.3) is 5.91 Å². The zero-order valence-corrected chi connectivity index (χ0v) is 36.1. The first-order valence-corrected chi connectivity index (χ1v) is 22.0. The van der Waals surface area contributed by atoms with Crippen LogP contribution in [0.3, 0.4) is 0 Å². The zero-order chi connectivity index (χ0) is 43.1. The van der Waals surface area contributed by atoms with E-state index in [-0.39, 0.29) is 54.2 Å². The van der Waals surface area contributed by atoms with Gasteiger partial charge in [-0.1, -0.05) is 26.0 Å². The zero-order valence-electron chi connectivity index (χ0n) is 35.3. The van der Waals surface area contributed by atoms with Crippen LogP contribution in [0.1, 0.15) is 90.8 Å². The van der Waals surface area contributed by atoms with Crippen LogP contribution in [0.15, 0.2) is 36.4 Å². The number of hydrogen-bond donors (Lipinski definition) is 3. The minimum absolute atomic E-state index is 0. The quantitative estimate of drug-likeness (QED) is 0.256. The average molecular weight is 849 g/mol. The number of ether oxygens (including phenoxy) is 3. The standard InChI is InChI=1S/C42H59FN6O9S.3H2/c1-9-48(7)33-20-27-19-29(56-8)14-15-31(27)36(44-33)57-30-21-32-35(50)46-42(38(52)47-59(54,55)41(24-43)16-17-41)22-28(42)13-11-10-12-25(2)18-26(3)34(37(51)49(32)23-30)45-39(53)58-40(4,5)6;;;/h11,13-15,19-20,25-26,28,30,32,34H,9-10,12,16-18,21-24H2,1-8H3,(H,45,53)(H,46,50)(H,47,52);3*1H/b13-11-;;;/t25-,26-,28-,30-,32+,34+,42-;;;/m1.../s1. The van der Waals surface area contributed by atoms with E-state index in [1.807, 2.05) is 56.1 Å². The summed E-state index contributed by atoms with van der Waals surface area (Å²) < 4.78 is 58.5. The van der Waals surface area contributed by atoms with Gasteiger partial charge in [-0.15, -0.1) is 0 Å². The second-order valence-corrected chi connectivity index (χ2v) is 19.9. The molecule has 7 atom stereocenters. The predicted molar refractivity (Wildman–Crippen MR) is 227 cm³/mol. The molecule has 15 nitrogen and oxygen atoms in total. The molecule has 0 radical (unpaired) electrons. The van der Waals surface area contributed by atoms with Gasteiger partial charge < -0.3 is 34.6 Å². The minimum Gasteiger partial charge on any atom is -0.497 e. The van der Waals surface area contributed by atoms with Gasteiger partial charge in [0, 0.05) is 35.6 Å². The summed E-state index contributed by atoms with van der Waals surface area (Å²) in [6, 6.07) is 5.10. The van der Waals surface area contributed by atoms with E-state index >= 15 is 0 Å². The Balaban J connectivity index is 0.00000341. The SMILES string of the molecule is CCN(C)c1cc2cc(OC)ccc2c(O[C@@H]2C[C@H]3C(=O)N[C@]4(C(=O)NS(=O)(=O)C5(CF)CC5)C[C@H]4/C=C\CC[C@@H](C)C[C@@H](C)[C@H](NC(=O)OC(C)(C)C)C(=O)N3C2)n1.[HH].[HH].[HH]. The first-order valence-electron chi connectivity index (χ1n) is 20.5. The lowest BCUT2D eigenvalue weighted by molar-refractivity contribution is -0.142. The second-order valence-electron chi connectivity index (χ2n) is 17.8. The van der Waals surface area contributed by atoms with Gasteiger partial charge in [-0.25, -0.2) is 17.6 Å². The molecule has 0 unspecified atom stereocenters. The Morgan fingerprint density at radius 3 is 2.53 bits per heavy atom. The number of aromatic nitrogens is 1. The molecule has 17 heteroatoms. The van der Waals surface area contributed by atoms with Crippen molar-refractivity contribution in [3.05, 3.63) is 36.4 Å². The van der Waals surface area contributed by atoms with Crippen molar-refractivity contribution in [2.45, 2.75) is 121 Å². The Morgan fingerprint density at radius 1 is 1.15 bits per heavy atom. The summed E-state index contributed by atoms with van der Waals surface area (Å²) in [5.74, 6) is -1.47. The molecule has 1 aromatic carbocycles. The number of carbonyl (C=O) groups is 4. The van der Waals surface area contributed by atoms with E-state index in [0.717, 1.165) is 11.8 Å². The van der Waals surface area contributed by atoms with Crippen molar-refractivity contribution >= 4 is 50.4 Å². The Kier molecular flexibility index (Phi) is 12.5. The second kappa shape index (κ2) is 16.8. The molecule has 2 aliphatic carbocycles. The normalized spacial score (nSPS) is 28.8. The number of alkyl halides is 1. The van der Waals surface area contributed by atoms with Gasteiger partial charge in [-0.2, -0.15) is 4.98 Å². The third kappa shape index (κ3) is 9.39. The van der Waals surface area contributed by atoms with Gasteiger partial charge in [0.2, 0.25) is 27.7 Å². The fourth-order valence-electron chi connectivity index (χ4n) is 8.11. The molecule has 2 saturated carbocycles. The molecule has 59 heavy (non-hydrogen) atoms. The number of carbonyl (C=O) groups excluding carboxylic acids is 4. The highest BCUT2D eigenvalue weighted by molar-refractivity contribution is 7.91. The van der Waals surface area contributed by atoms with Gasteiger partial charge in [0.15, 0.2) is 0 Å². The Bertz CT molecular complexity index is 2110. The molecule has 0 bridgehead atoms. The summed E-state index contributed by atoms with van der Waals surface area (Å²) in [7, 11) is -0.924. The van der Waals surface area contributed by atoms with Crippen molar-refractivity contribution in [2.75, 3.05) is 38.8 Å². The summed E-state index contributed by atoms with van der Waals surface area (Å²) in [5.41, 5.74) is -2.51. The Hall–Kier alpha value is -4.67. The molecule has 3 heterocycles. The third-order valence-electron chi connectivity index (χ3n) is 12.1. The molecule has 4 amide bonds. The summed E-state index contributed by atoms with van der Waals surface area (Å²) in [5, 5.41) is 7.13. The van der Waals surface area contributed by atoms with Crippen LogP contribution in [-0.2, 0) is 29.1 Å². The van der Waals surface area contributed by atoms with E-state index in [1.165, 1.54) is 4.90 Å². The number of halogens is 1. The van der Waals surface area contributed by atoms with Crippen molar-refractivity contribution in [3.63, 3.8) is 0 Å². The van der Waals surface area contributed by atoms with Crippen LogP contribution in [0.25, 0.3) is 10.8 Å². The van der Waals surface area contributed by atoms with E-state index in [2.05, 4.69) is 22.3 Å². The van der Waals surface area contributed by atoms with Gasteiger partial charge >= 0.3 is 6.09 Å². The van der Waals surface area contributed by atoms with E-state index < -0.39 is 80.5 Å². The fraction of sp³-hybridized carbons (Fsp3) is 0.643. The molecule has 6 rings (SSSR count). The van der Waals surface area contributed by atoms with Crippen molar-refractivity contribution in [3.8, 4) is 11.6 Å². The molecule has 0 spiro atoms. The van der Waals surface area contributed by atoms with Crippen molar-refractivity contribution in [1.82, 2.24) is 25.2 Å². The van der Waals surface area contributed by atoms with Gasteiger partial charge in [-0.3, -0.25) is 19.1 Å². The molecular formula is C42H65FN6O9S. The number of allylic oxidation sites excluding steroid dienone is 1. The number of pyridine rings is 1. The molecule has 1 aromatic heterocycles. The summed E-state index contributed by atoms with van der Waals surface area (Å²) in [6.45, 7) is 10.5. The molecule has 3 fully saturated rings. The molecule has 330 valence electrons. The van der Waals surface area contributed by atoms with Gasteiger partial charge in [-0.05, 0) is 108 Å². The number of alkyl carbamates (subject to hydrolysis) is 1. The van der Waals surface area contributed by atoms with Crippen molar-refractivity contribution in [1.29, 1.82) is 0 Å². The summed E-state index contributed by atoms with van der Waals surface area (Å²) in [4.78, 5) is 65.0. The van der Waals surface area contributed by atoms with Crippen LogP contribution >= 0.6 is 0 Å². The lowest BCUT2D eigenvalue weighted by Crippen LogP contribution is -2.59. The maximum atomic E-state index is 14.9. The molecule has 2 aliphatic heterocycles. The van der Waals surface area contributed by atoms with Crippen LogP contribution in [0.5, 0.6) is 11.6 Å². The highest BCUT2D eigenvalue weighted by atomic mass is 32.2. The first-order chi connectivity index (χ1) is 27.7. The number of nitrogens with one attached hydrogen (secondary N) is 3. The lowest BCUT2D eigenvalue weighted by atomic mass is 9.88. The van der Waals surface area contributed by atoms with Crippen LogP contribution < -0.4 is 29.7 Å². The van der Waals surface area contributed by atoms with Crippen molar-refractivity contribution < 1.29 is 50.5 Å². The molecule has 4 aliphatic rings. The Morgan fingerprint density at radius 2 is 1.88 bits per heavy atom. The first kappa shape index (κ1) is 43.9. The number of benzene rings is 1. The summed E-state index contributed by atoms with van der Waals surface area (Å²) >= 11 is 0. The summed E-state index contributed by atoms with van der Waals surface area (Å²) in [6.07, 6.45) is 4.32. The number of nitrogens with zero attached hydrogens (tertiary/aromatic N) is 3. The number of rotatable bonds is 10. The third-order valence-corrected chi connectivity index (χ3v) is 14.2. The van der Waals surface area contributed by atoms with Gasteiger partial charge in [0.1, 0.15) is 52.3 Å². The number of methoxy groups -OCH3 is 1. The van der Waals surface area contributed by atoms with E-state index in [1.54, 1.807) is 33.9 Å². The number of hydrogen-bond acceptors (Lipinski definition) is 11. The molecule has 3 N–H and O–H groups in total. The monoisotopic (exact) mass is 848 g/mol. The highest BCUT2D eigenvalue weighted by Crippen LogP contribution is 2.48. The average Bonchev–Trinajstić information content (AvgIpc) is 4.08. The van der Waals surface area contributed by atoms with Crippen molar-refractivity contribution in [2.24, 2.45) is 17.8 Å². The van der Waals surface area contributed by atoms with Crippen LogP contribution in [0.4, 0.5) is 15.0 Å². The molecular weight excluding hydrogens is 784 g/mol. The number of amides is 4. The molecule has 1 saturated heterocycles. The Labute approximate surface area is 350 Å². The predicted octanol–water partition coefficient (Wildman–Crippen LogP) is 5.51. The topological polar surface area (TPSA) is 186 Å². The van der Waals surface area contributed by atoms with E-state index in [9.17, 15) is 32.0 Å². The maximum absolute atomic E-state index is 14.9. The van der Waals surface area contributed by atoms with E-state index in [4.69, 9.17) is 19.2 Å².